The molecule has 6 nitrogen and oxygen atoms in total. The highest BCUT2D eigenvalue weighted by molar-refractivity contribution is 6.03. The Balaban J connectivity index is 1.53. The second kappa shape index (κ2) is 7.52. The molecule has 0 bridgehead atoms. The van der Waals surface area contributed by atoms with E-state index >= 15 is 0 Å². The van der Waals surface area contributed by atoms with Crippen molar-refractivity contribution in [1.82, 2.24) is 15.3 Å². The van der Waals surface area contributed by atoms with E-state index in [-0.39, 0.29) is 11.8 Å². The first-order valence-electron chi connectivity index (χ1n) is 9.11. The van der Waals surface area contributed by atoms with Crippen LogP contribution in [0.1, 0.15) is 28.5 Å². The summed E-state index contributed by atoms with van der Waals surface area (Å²) in [6.45, 7) is 2.53. The summed E-state index contributed by atoms with van der Waals surface area (Å²) in [5, 5.41) is 5.64. The summed E-state index contributed by atoms with van der Waals surface area (Å²) in [4.78, 5) is 31.8. The van der Waals surface area contributed by atoms with Crippen LogP contribution in [0.3, 0.4) is 0 Å². The summed E-state index contributed by atoms with van der Waals surface area (Å²) < 4.78 is 0. The van der Waals surface area contributed by atoms with E-state index in [1.54, 1.807) is 18.3 Å². The third kappa shape index (κ3) is 3.71. The number of H-pyrrole nitrogens is 1. The number of nitrogens with one attached hydrogen (secondary N) is 3. The third-order valence-corrected chi connectivity index (χ3v) is 4.70. The van der Waals surface area contributed by atoms with E-state index in [9.17, 15) is 9.59 Å². The van der Waals surface area contributed by atoms with Gasteiger partial charge in [-0.3, -0.25) is 9.59 Å². The Kier molecular flexibility index (Phi) is 4.76. The largest absolute Gasteiger partial charge is 0.358 e. The summed E-state index contributed by atoms with van der Waals surface area (Å²) in [5.41, 5.74) is 5.16. The van der Waals surface area contributed by atoms with E-state index in [2.05, 4.69) is 20.6 Å². The highest BCUT2D eigenvalue weighted by atomic mass is 16.2. The number of hydrogen-bond acceptors (Lipinski definition) is 3. The van der Waals surface area contributed by atoms with Gasteiger partial charge in [-0.1, -0.05) is 30.3 Å². The molecule has 3 aromatic rings. The van der Waals surface area contributed by atoms with E-state index in [0.717, 1.165) is 34.5 Å². The van der Waals surface area contributed by atoms with Gasteiger partial charge in [0.25, 0.3) is 5.91 Å². The molecule has 1 aliphatic rings. The van der Waals surface area contributed by atoms with Gasteiger partial charge < -0.3 is 15.6 Å². The zero-order valence-corrected chi connectivity index (χ0v) is 15.5. The van der Waals surface area contributed by atoms with Crippen LogP contribution in [0, 0.1) is 0 Å². The number of benzene rings is 1. The van der Waals surface area contributed by atoms with Gasteiger partial charge in [-0.2, -0.15) is 0 Å². The van der Waals surface area contributed by atoms with Crippen LogP contribution in [0.2, 0.25) is 0 Å². The average molecular weight is 372 g/mol. The summed E-state index contributed by atoms with van der Waals surface area (Å²) in [6, 6.07) is 15.2. The molecule has 6 heteroatoms. The van der Waals surface area contributed by atoms with E-state index < -0.39 is 0 Å². The summed E-state index contributed by atoms with van der Waals surface area (Å²) >= 11 is 0. The van der Waals surface area contributed by atoms with Crippen LogP contribution in [-0.2, 0) is 11.2 Å². The van der Waals surface area contributed by atoms with Gasteiger partial charge in [0.05, 0.1) is 5.56 Å². The Hall–Kier alpha value is -3.67. The van der Waals surface area contributed by atoms with E-state index in [0.29, 0.717) is 17.9 Å². The van der Waals surface area contributed by atoms with Crippen LogP contribution in [0.4, 0.5) is 5.82 Å². The minimum Gasteiger partial charge on any atom is -0.358 e. The van der Waals surface area contributed by atoms with Crippen molar-refractivity contribution < 1.29 is 9.59 Å². The van der Waals surface area contributed by atoms with Gasteiger partial charge in [0.15, 0.2) is 0 Å². The fourth-order valence-electron chi connectivity index (χ4n) is 3.26. The molecular formula is C22H20N4O2. The molecule has 0 radical (unpaired) electrons. The Morgan fingerprint density at radius 2 is 2.00 bits per heavy atom. The lowest BCUT2D eigenvalue weighted by Crippen LogP contribution is -2.31. The van der Waals surface area contributed by atoms with Crippen molar-refractivity contribution in [3.05, 3.63) is 77.6 Å². The molecular weight excluding hydrogens is 352 g/mol. The van der Waals surface area contributed by atoms with Crippen LogP contribution in [0.5, 0.6) is 0 Å². The van der Waals surface area contributed by atoms with Crippen LogP contribution >= 0.6 is 0 Å². The Morgan fingerprint density at radius 3 is 2.79 bits per heavy atom. The average Bonchev–Trinajstić information content (AvgIpc) is 3.15. The first-order valence-corrected chi connectivity index (χ1v) is 9.11. The molecule has 0 saturated carbocycles. The molecule has 0 unspecified atom stereocenters. The normalized spacial score (nSPS) is 13.6. The van der Waals surface area contributed by atoms with Gasteiger partial charge in [-0.25, -0.2) is 4.98 Å². The number of aromatic amines is 1. The summed E-state index contributed by atoms with van der Waals surface area (Å²) in [5.74, 6) is 0.153. The molecule has 4 rings (SSSR count). The van der Waals surface area contributed by atoms with Gasteiger partial charge in [0.1, 0.15) is 5.82 Å². The Morgan fingerprint density at radius 1 is 1.18 bits per heavy atom. The fourth-order valence-corrected chi connectivity index (χ4v) is 3.26. The summed E-state index contributed by atoms with van der Waals surface area (Å²) in [6.07, 6.45) is 3.97. The predicted octanol–water partition coefficient (Wildman–Crippen LogP) is 3.40. The monoisotopic (exact) mass is 372 g/mol. The number of carbonyl (C=O) groups is 2. The molecule has 0 spiro atoms. The minimum atomic E-state index is -0.240. The van der Waals surface area contributed by atoms with E-state index in [1.165, 1.54) is 0 Å². The quantitative estimate of drug-likeness (QED) is 0.614. The molecule has 140 valence electrons. The topological polar surface area (TPSA) is 86.9 Å². The number of fused-ring (bicyclic) bond motifs is 1. The number of aromatic nitrogens is 2. The maximum atomic E-state index is 12.4. The van der Waals surface area contributed by atoms with Crippen molar-refractivity contribution in [2.24, 2.45) is 0 Å². The lowest BCUT2D eigenvalue weighted by Gasteiger charge is -2.10. The smallest absolute Gasteiger partial charge is 0.253 e. The van der Waals surface area contributed by atoms with Gasteiger partial charge in [0.2, 0.25) is 5.91 Å². The van der Waals surface area contributed by atoms with Gasteiger partial charge >= 0.3 is 0 Å². The lowest BCUT2D eigenvalue weighted by molar-refractivity contribution is -0.111. The minimum absolute atomic E-state index is 0.0622. The molecule has 0 fully saturated rings. The number of pyridine rings is 1. The molecule has 2 aromatic heterocycles. The number of allylic oxidation sites excluding steroid dienone is 1. The number of nitrogens with zero attached hydrogens (tertiary/aromatic N) is 1. The van der Waals surface area contributed by atoms with Crippen LogP contribution in [0.25, 0.3) is 16.8 Å². The number of hydrogen-bond donors (Lipinski definition) is 3. The van der Waals surface area contributed by atoms with Crippen molar-refractivity contribution >= 4 is 23.2 Å². The van der Waals surface area contributed by atoms with E-state index in [1.807, 2.05) is 49.4 Å². The molecule has 1 aromatic carbocycles. The molecule has 0 saturated heterocycles. The maximum Gasteiger partial charge on any atom is 0.253 e. The van der Waals surface area contributed by atoms with Gasteiger partial charge in [-0.05, 0) is 36.3 Å². The fraction of sp³-hybridized carbons (Fsp3) is 0.136. The maximum absolute atomic E-state index is 12.4. The second-order valence-electron chi connectivity index (χ2n) is 6.69. The zero-order chi connectivity index (χ0) is 19.5. The molecule has 28 heavy (non-hydrogen) atoms. The molecule has 0 atom stereocenters. The molecule has 1 aliphatic heterocycles. The molecule has 3 N–H and O–H groups in total. The highest BCUT2D eigenvalue weighted by Gasteiger charge is 2.20. The first-order chi connectivity index (χ1) is 13.6. The lowest BCUT2D eigenvalue weighted by atomic mass is 10.1. The van der Waals surface area contributed by atoms with E-state index in [4.69, 9.17) is 0 Å². The Bertz CT molecular complexity index is 1070. The molecule has 3 heterocycles. The number of carbonyl (C=O) groups excluding carboxylic acids is 2. The van der Waals surface area contributed by atoms with Gasteiger partial charge in [0, 0.05) is 42.2 Å². The zero-order valence-electron chi connectivity index (χ0n) is 15.5. The number of rotatable bonds is 4. The SMILES string of the molecule is CC(=CC(=O)Nc1cc(-c2cc3c([nH]2)CCNC3=O)ccn1)c1ccccc1. The van der Waals surface area contributed by atoms with Gasteiger partial charge in [-0.15, -0.1) is 0 Å². The van der Waals surface area contributed by atoms with Crippen molar-refractivity contribution in [1.29, 1.82) is 0 Å². The second-order valence-corrected chi connectivity index (χ2v) is 6.69. The first kappa shape index (κ1) is 17.7. The summed E-state index contributed by atoms with van der Waals surface area (Å²) in [7, 11) is 0. The van der Waals surface area contributed by atoms with Crippen molar-refractivity contribution in [3.8, 4) is 11.3 Å². The van der Waals surface area contributed by atoms with Crippen LogP contribution < -0.4 is 10.6 Å². The number of amides is 2. The Labute approximate surface area is 162 Å². The van der Waals surface area contributed by atoms with Crippen molar-refractivity contribution in [2.45, 2.75) is 13.3 Å². The van der Waals surface area contributed by atoms with Crippen LogP contribution in [-0.4, -0.2) is 28.3 Å². The molecule has 0 aliphatic carbocycles. The standard InChI is InChI=1S/C22H20N4O2/c1-14(15-5-3-2-4-6-15)11-21(27)26-20-12-16(7-9-23-20)19-13-17-18(25-19)8-10-24-22(17)28/h2-7,9,11-13,25H,8,10H2,1H3,(H,24,28)(H,23,26,27). The van der Waals surface area contributed by atoms with Crippen molar-refractivity contribution in [3.63, 3.8) is 0 Å². The predicted molar refractivity (Wildman–Crippen MR) is 109 cm³/mol. The highest BCUT2D eigenvalue weighted by Crippen LogP contribution is 2.25. The van der Waals surface area contributed by atoms with Crippen LogP contribution in [0.15, 0.2) is 60.8 Å². The number of anilines is 1. The third-order valence-electron chi connectivity index (χ3n) is 4.70. The molecule has 2 amide bonds. The van der Waals surface area contributed by atoms with Crippen molar-refractivity contribution in [2.75, 3.05) is 11.9 Å².